The molecule has 0 aliphatic carbocycles. The molecule has 0 amide bonds. The van der Waals surface area contributed by atoms with Gasteiger partial charge < -0.3 is 4.57 Å². The number of hydrogen-bond donors (Lipinski definition) is 1. The lowest BCUT2D eigenvalue weighted by atomic mass is 10.0. The van der Waals surface area contributed by atoms with Gasteiger partial charge in [-0.05, 0) is 38.4 Å². The van der Waals surface area contributed by atoms with E-state index in [0.29, 0.717) is 6.04 Å². The zero-order valence-corrected chi connectivity index (χ0v) is 10.2. The lowest BCUT2D eigenvalue weighted by Gasteiger charge is -2.17. The van der Waals surface area contributed by atoms with Crippen molar-refractivity contribution in [3.8, 4) is 0 Å². The van der Waals surface area contributed by atoms with Crippen LogP contribution in [0, 0.1) is 17.6 Å². The minimum absolute atomic E-state index is 0.441. The number of aromatic amines is 1. The maximum atomic E-state index is 5.18. The van der Waals surface area contributed by atoms with E-state index >= 15 is 0 Å². The smallest absolute Gasteiger partial charge is 0.195 e. The second kappa shape index (κ2) is 4.73. The largest absolute Gasteiger partial charge is 0.302 e. The van der Waals surface area contributed by atoms with E-state index in [2.05, 4.69) is 35.5 Å². The minimum Gasteiger partial charge on any atom is -0.302 e. The highest BCUT2D eigenvalue weighted by atomic mass is 32.1. The van der Waals surface area contributed by atoms with E-state index in [4.69, 9.17) is 12.2 Å². The Labute approximate surface area is 90.5 Å². The van der Waals surface area contributed by atoms with Crippen LogP contribution in [0.4, 0.5) is 0 Å². The molecule has 0 radical (unpaired) electrons. The van der Waals surface area contributed by atoms with Gasteiger partial charge in [0.2, 0.25) is 0 Å². The quantitative estimate of drug-likeness (QED) is 0.779. The van der Waals surface area contributed by atoms with E-state index in [1.54, 1.807) is 0 Å². The fourth-order valence-corrected chi connectivity index (χ4v) is 2.11. The molecule has 80 valence electrons. The van der Waals surface area contributed by atoms with Gasteiger partial charge >= 0.3 is 0 Å². The third kappa shape index (κ3) is 2.44. The van der Waals surface area contributed by atoms with Crippen LogP contribution < -0.4 is 0 Å². The summed E-state index contributed by atoms with van der Waals surface area (Å²) in [5.74, 6) is 1.71. The summed E-state index contributed by atoms with van der Waals surface area (Å²) in [5.41, 5.74) is 0. The Morgan fingerprint density at radius 3 is 2.57 bits per heavy atom. The van der Waals surface area contributed by atoms with Crippen LogP contribution in [0.25, 0.3) is 0 Å². The topological polar surface area (TPSA) is 33.6 Å². The van der Waals surface area contributed by atoms with Crippen molar-refractivity contribution < 1.29 is 0 Å². The number of rotatable bonds is 4. The fourth-order valence-electron chi connectivity index (χ4n) is 1.76. The van der Waals surface area contributed by atoms with Gasteiger partial charge in [-0.2, -0.15) is 5.10 Å². The summed E-state index contributed by atoms with van der Waals surface area (Å²) in [4.78, 5) is 0. The van der Waals surface area contributed by atoms with E-state index in [9.17, 15) is 0 Å². The van der Waals surface area contributed by atoms with E-state index in [-0.39, 0.29) is 0 Å². The average Bonchev–Trinajstić information content (AvgIpc) is 2.46. The Kier molecular flexibility index (Phi) is 3.86. The summed E-state index contributed by atoms with van der Waals surface area (Å²) in [6, 6.07) is 0.441. The highest BCUT2D eigenvalue weighted by Crippen LogP contribution is 2.20. The molecule has 4 heteroatoms. The molecule has 1 heterocycles. The highest BCUT2D eigenvalue weighted by molar-refractivity contribution is 7.71. The molecule has 2 unspecified atom stereocenters. The first-order valence-electron chi connectivity index (χ1n) is 5.19. The molecule has 3 nitrogen and oxygen atoms in total. The fraction of sp³-hybridized carbons (Fsp3) is 0.800. The number of H-pyrrole nitrogens is 1. The van der Waals surface area contributed by atoms with Gasteiger partial charge in [0.15, 0.2) is 4.77 Å². The molecular weight excluding hydrogens is 194 g/mol. The molecule has 0 aliphatic heterocycles. The predicted molar refractivity (Wildman–Crippen MR) is 60.9 cm³/mol. The summed E-state index contributed by atoms with van der Waals surface area (Å²) >= 11 is 5.18. The second-order valence-electron chi connectivity index (χ2n) is 4.04. The molecule has 2 atom stereocenters. The van der Waals surface area contributed by atoms with Crippen molar-refractivity contribution in [2.75, 3.05) is 0 Å². The standard InChI is InChI=1S/C10H19N3S/c1-5-7(2)6-8(3)13-9(4)11-12-10(13)14/h7-8H,5-6H2,1-4H3,(H,12,14). The van der Waals surface area contributed by atoms with E-state index in [1.807, 2.05) is 6.92 Å². The third-order valence-corrected chi connectivity index (χ3v) is 3.05. The van der Waals surface area contributed by atoms with Crippen molar-refractivity contribution in [3.05, 3.63) is 10.6 Å². The van der Waals surface area contributed by atoms with Gasteiger partial charge in [0.25, 0.3) is 0 Å². The summed E-state index contributed by atoms with van der Waals surface area (Å²) in [6.07, 6.45) is 2.37. The van der Waals surface area contributed by atoms with Crippen LogP contribution in [0.1, 0.15) is 45.5 Å². The van der Waals surface area contributed by atoms with Crippen LogP contribution in [0.3, 0.4) is 0 Å². The zero-order valence-electron chi connectivity index (χ0n) is 9.37. The molecule has 1 aromatic rings. The Morgan fingerprint density at radius 1 is 1.50 bits per heavy atom. The van der Waals surface area contributed by atoms with Crippen molar-refractivity contribution in [1.82, 2.24) is 14.8 Å². The Bertz CT molecular complexity index is 339. The van der Waals surface area contributed by atoms with Crippen LogP contribution in [-0.4, -0.2) is 14.8 Å². The highest BCUT2D eigenvalue weighted by Gasteiger charge is 2.12. The Morgan fingerprint density at radius 2 is 2.14 bits per heavy atom. The van der Waals surface area contributed by atoms with E-state index in [0.717, 1.165) is 22.9 Å². The van der Waals surface area contributed by atoms with Crippen molar-refractivity contribution in [1.29, 1.82) is 0 Å². The van der Waals surface area contributed by atoms with Crippen LogP contribution >= 0.6 is 12.2 Å². The molecule has 0 saturated heterocycles. The molecule has 1 aromatic heterocycles. The van der Waals surface area contributed by atoms with Crippen molar-refractivity contribution in [3.63, 3.8) is 0 Å². The van der Waals surface area contributed by atoms with Crippen LogP contribution in [0.5, 0.6) is 0 Å². The average molecular weight is 213 g/mol. The van der Waals surface area contributed by atoms with E-state index < -0.39 is 0 Å². The Balaban J connectivity index is 2.79. The molecule has 0 fully saturated rings. The SMILES string of the molecule is CCC(C)CC(C)n1c(C)n[nH]c1=S. The first-order chi connectivity index (χ1) is 6.56. The summed E-state index contributed by atoms with van der Waals surface area (Å²) in [6.45, 7) is 8.68. The number of nitrogens with zero attached hydrogens (tertiary/aromatic N) is 2. The van der Waals surface area contributed by atoms with Gasteiger partial charge in [0, 0.05) is 6.04 Å². The van der Waals surface area contributed by atoms with Crippen LogP contribution in [0.15, 0.2) is 0 Å². The number of hydrogen-bond acceptors (Lipinski definition) is 2. The molecule has 0 bridgehead atoms. The van der Waals surface area contributed by atoms with Crippen molar-refractivity contribution >= 4 is 12.2 Å². The van der Waals surface area contributed by atoms with E-state index in [1.165, 1.54) is 6.42 Å². The molecule has 1 N–H and O–H groups in total. The minimum atomic E-state index is 0.441. The van der Waals surface area contributed by atoms with Crippen molar-refractivity contribution in [2.45, 2.75) is 46.6 Å². The molecule has 14 heavy (non-hydrogen) atoms. The van der Waals surface area contributed by atoms with Gasteiger partial charge in [-0.1, -0.05) is 20.3 Å². The normalized spacial score (nSPS) is 15.4. The van der Waals surface area contributed by atoms with Gasteiger partial charge in [0.05, 0.1) is 0 Å². The van der Waals surface area contributed by atoms with Gasteiger partial charge in [0.1, 0.15) is 5.82 Å². The number of aryl methyl sites for hydroxylation is 1. The summed E-state index contributed by atoms with van der Waals surface area (Å²) in [7, 11) is 0. The molecule has 0 aliphatic rings. The molecular formula is C10H19N3S. The lowest BCUT2D eigenvalue weighted by Crippen LogP contribution is -2.10. The van der Waals surface area contributed by atoms with Gasteiger partial charge in [-0.3, -0.25) is 5.10 Å². The second-order valence-corrected chi connectivity index (χ2v) is 4.43. The molecule has 0 aromatic carbocycles. The lowest BCUT2D eigenvalue weighted by molar-refractivity contribution is 0.391. The number of nitrogens with one attached hydrogen (secondary N) is 1. The monoisotopic (exact) mass is 213 g/mol. The zero-order chi connectivity index (χ0) is 10.7. The predicted octanol–water partition coefficient (Wildman–Crippen LogP) is 3.25. The number of aromatic nitrogens is 3. The van der Waals surface area contributed by atoms with Gasteiger partial charge in [-0.25, -0.2) is 0 Å². The molecule has 0 spiro atoms. The van der Waals surface area contributed by atoms with Crippen LogP contribution in [0.2, 0.25) is 0 Å². The molecule has 0 saturated carbocycles. The first-order valence-corrected chi connectivity index (χ1v) is 5.60. The maximum absolute atomic E-state index is 5.18. The summed E-state index contributed by atoms with van der Waals surface area (Å²) < 4.78 is 2.83. The first kappa shape index (κ1) is 11.4. The third-order valence-electron chi connectivity index (χ3n) is 2.76. The molecule has 1 rings (SSSR count). The maximum Gasteiger partial charge on any atom is 0.195 e. The van der Waals surface area contributed by atoms with Crippen molar-refractivity contribution in [2.24, 2.45) is 5.92 Å². The van der Waals surface area contributed by atoms with Gasteiger partial charge in [-0.15, -0.1) is 0 Å². The Hall–Kier alpha value is -0.640. The van der Waals surface area contributed by atoms with Crippen LogP contribution in [-0.2, 0) is 0 Å². The summed E-state index contributed by atoms with van der Waals surface area (Å²) in [5, 5.41) is 6.94.